The van der Waals surface area contributed by atoms with Crippen LogP contribution in [0.15, 0.2) is 62.6 Å². The van der Waals surface area contributed by atoms with Crippen molar-refractivity contribution in [2.45, 2.75) is 31.1 Å². The highest BCUT2D eigenvalue weighted by atomic mass is 32.2. The smallest absolute Gasteiger partial charge is 0.248 e. The van der Waals surface area contributed by atoms with Crippen molar-refractivity contribution in [2.75, 3.05) is 19.6 Å². The molecule has 1 amide bonds. The van der Waals surface area contributed by atoms with E-state index in [4.69, 9.17) is 8.94 Å². The summed E-state index contributed by atoms with van der Waals surface area (Å²) in [4.78, 5) is 12.6. The van der Waals surface area contributed by atoms with Gasteiger partial charge in [-0.25, -0.2) is 8.42 Å². The second-order valence-electron chi connectivity index (χ2n) is 8.02. The second kappa shape index (κ2) is 10.2. The summed E-state index contributed by atoms with van der Waals surface area (Å²) >= 11 is 0. The molecule has 1 saturated heterocycles. The normalized spacial score (nSPS) is 15.8. The fourth-order valence-electron chi connectivity index (χ4n) is 3.95. The molecule has 1 aliphatic heterocycles. The minimum Gasteiger partial charge on any atom is -0.465 e. The number of sulfonamides is 1. The summed E-state index contributed by atoms with van der Waals surface area (Å²) in [7, 11) is -3.81. The van der Waals surface area contributed by atoms with Crippen LogP contribution < -0.4 is 5.32 Å². The van der Waals surface area contributed by atoms with Crippen molar-refractivity contribution in [3.05, 3.63) is 71.5 Å². The van der Waals surface area contributed by atoms with Crippen LogP contribution in [0.25, 0.3) is 12.2 Å². The Morgan fingerprint density at radius 3 is 2.61 bits per heavy atom. The van der Waals surface area contributed by atoms with Crippen LogP contribution in [0.4, 0.5) is 0 Å². The van der Waals surface area contributed by atoms with E-state index < -0.39 is 10.0 Å². The highest BCUT2D eigenvalue weighted by molar-refractivity contribution is 7.89. The molecule has 4 rings (SSSR count). The number of aromatic nitrogens is 1. The number of amides is 1. The lowest BCUT2D eigenvalue weighted by molar-refractivity contribution is -0.126. The van der Waals surface area contributed by atoms with Gasteiger partial charge < -0.3 is 14.3 Å². The van der Waals surface area contributed by atoms with Crippen molar-refractivity contribution in [1.29, 1.82) is 0 Å². The number of benzene rings is 1. The molecule has 3 heterocycles. The van der Waals surface area contributed by atoms with Gasteiger partial charge in [0.15, 0.2) is 10.7 Å². The van der Waals surface area contributed by atoms with Crippen molar-refractivity contribution in [3.8, 4) is 0 Å². The number of piperidine rings is 1. The number of nitrogens with one attached hydrogen (secondary N) is 1. The van der Waals surface area contributed by atoms with E-state index in [-0.39, 0.29) is 35.6 Å². The largest absolute Gasteiger partial charge is 0.465 e. The Morgan fingerprint density at radius 1 is 1.15 bits per heavy atom. The lowest BCUT2D eigenvalue weighted by Gasteiger charge is -2.30. The van der Waals surface area contributed by atoms with Crippen LogP contribution in [0.3, 0.4) is 0 Å². The van der Waals surface area contributed by atoms with Gasteiger partial charge in [0.1, 0.15) is 11.5 Å². The standard InChI is InChI=1S/C24H27N3O5S/c1-18-23(22(32-26-18)10-9-21-8-5-17-31-21)33(29,30)27-15-12-20(13-16-27)24(28)25-14-11-19-6-3-2-4-7-19/h2-10,17,20H,11-16H2,1H3,(H,25,28). The third-order valence-corrected chi connectivity index (χ3v) is 7.81. The lowest BCUT2D eigenvalue weighted by atomic mass is 9.97. The Labute approximate surface area is 193 Å². The summed E-state index contributed by atoms with van der Waals surface area (Å²) in [6.45, 7) is 2.70. The molecule has 1 aromatic carbocycles. The summed E-state index contributed by atoms with van der Waals surface area (Å²) in [5, 5.41) is 6.83. The predicted octanol–water partition coefficient (Wildman–Crippen LogP) is 3.51. The quantitative estimate of drug-likeness (QED) is 0.541. The Morgan fingerprint density at radius 2 is 1.91 bits per heavy atom. The van der Waals surface area contributed by atoms with E-state index in [1.807, 2.05) is 30.3 Å². The maximum atomic E-state index is 13.3. The van der Waals surface area contributed by atoms with Gasteiger partial charge in [-0.1, -0.05) is 35.5 Å². The molecular formula is C24H27N3O5S. The van der Waals surface area contributed by atoms with Crippen LogP contribution in [-0.2, 0) is 21.2 Å². The third-order valence-electron chi connectivity index (χ3n) is 5.75. The fourth-order valence-corrected chi connectivity index (χ4v) is 5.67. The maximum Gasteiger partial charge on any atom is 0.248 e. The van der Waals surface area contributed by atoms with Crippen molar-refractivity contribution >= 4 is 28.1 Å². The van der Waals surface area contributed by atoms with Crippen molar-refractivity contribution in [1.82, 2.24) is 14.8 Å². The molecule has 0 saturated carbocycles. The molecule has 1 aliphatic rings. The molecular weight excluding hydrogens is 442 g/mol. The van der Waals surface area contributed by atoms with E-state index in [1.54, 1.807) is 31.2 Å². The van der Waals surface area contributed by atoms with E-state index in [2.05, 4.69) is 10.5 Å². The highest BCUT2D eigenvalue weighted by Gasteiger charge is 2.35. The molecule has 174 valence electrons. The molecule has 33 heavy (non-hydrogen) atoms. The molecule has 0 atom stereocenters. The van der Waals surface area contributed by atoms with Crippen LogP contribution >= 0.6 is 0 Å². The fraction of sp³-hybridized carbons (Fsp3) is 0.333. The Bertz CT molecular complexity index is 1190. The first-order valence-electron chi connectivity index (χ1n) is 10.9. The average Bonchev–Trinajstić information content (AvgIpc) is 3.48. The Hall–Kier alpha value is -3.17. The van der Waals surface area contributed by atoms with Crippen LogP contribution in [0.5, 0.6) is 0 Å². The molecule has 1 N–H and O–H groups in total. The monoisotopic (exact) mass is 469 g/mol. The molecule has 0 spiro atoms. The zero-order chi connectivity index (χ0) is 23.3. The molecule has 0 radical (unpaired) electrons. The van der Waals surface area contributed by atoms with Gasteiger partial charge in [0, 0.05) is 25.6 Å². The topological polar surface area (TPSA) is 106 Å². The zero-order valence-corrected chi connectivity index (χ0v) is 19.3. The van der Waals surface area contributed by atoms with E-state index in [0.717, 1.165) is 6.42 Å². The van der Waals surface area contributed by atoms with Gasteiger partial charge >= 0.3 is 0 Å². The number of carbonyl (C=O) groups is 1. The molecule has 0 unspecified atom stereocenters. The summed E-state index contributed by atoms with van der Waals surface area (Å²) in [5.41, 5.74) is 1.47. The summed E-state index contributed by atoms with van der Waals surface area (Å²) in [5.74, 6) is 0.511. The number of carbonyl (C=O) groups excluding carboxylic acids is 1. The number of hydrogen-bond acceptors (Lipinski definition) is 6. The summed E-state index contributed by atoms with van der Waals surface area (Å²) in [6, 6.07) is 13.5. The van der Waals surface area contributed by atoms with Gasteiger partial charge in [0.25, 0.3) is 0 Å². The van der Waals surface area contributed by atoms with Crippen molar-refractivity contribution < 1.29 is 22.2 Å². The average molecular weight is 470 g/mol. The molecule has 8 nitrogen and oxygen atoms in total. The molecule has 2 aromatic heterocycles. The first-order valence-corrected chi connectivity index (χ1v) is 12.4. The number of nitrogens with zero attached hydrogens (tertiary/aromatic N) is 2. The SMILES string of the molecule is Cc1noc(C=Cc2ccco2)c1S(=O)(=O)N1CCC(C(=O)NCCc2ccccc2)CC1. The van der Waals surface area contributed by atoms with E-state index in [9.17, 15) is 13.2 Å². The predicted molar refractivity (Wildman–Crippen MR) is 124 cm³/mol. The van der Waals surface area contributed by atoms with Crippen LogP contribution in [0.2, 0.25) is 0 Å². The van der Waals surface area contributed by atoms with Gasteiger partial charge in [0.05, 0.1) is 6.26 Å². The maximum absolute atomic E-state index is 13.3. The highest BCUT2D eigenvalue weighted by Crippen LogP contribution is 2.29. The van der Waals surface area contributed by atoms with E-state index in [0.29, 0.717) is 30.8 Å². The van der Waals surface area contributed by atoms with Gasteiger partial charge in [-0.05, 0) is 56.0 Å². The number of aryl methyl sites for hydroxylation is 1. The molecule has 0 bridgehead atoms. The zero-order valence-electron chi connectivity index (χ0n) is 18.4. The summed E-state index contributed by atoms with van der Waals surface area (Å²) < 4.78 is 38.6. The van der Waals surface area contributed by atoms with Crippen LogP contribution in [-0.4, -0.2) is 43.4 Å². The molecule has 3 aromatic rings. The van der Waals surface area contributed by atoms with Gasteiger partial charge in [0.2, 0.25) is 15.9 Å². The minimum atomic E-state index is -3.81. The Kier molecular flexibility index (Phi) is 7.10. The van der Waals surface area contributed by atoms with Gasteiger partial charge in [-0.3, -0.25) is 4.79 Å². The number of hydrogen-bond donors (Lipinski definition) is 1. The van der Waals surface area contributed by atoms with Crippen LogP contribution in [0.1, 0.15) is 35.6 Å². The van der Waals surface area contributed by atoms with Gasteiger partial charge in [-0.15, -0.1) is 0 Å². The molecule has 0 aliphatic carbocycles. The number of rotatable bonds is 8. The summed E-state index contributed by atoms with van der Waals surface area (Å²) in [6.07, 6.45) is 6.41. The molecule has 9 heteroatoms. The van der Waals surface area contributed by atoms with E-state index in [1.165, 1.54) is 16.1 Å². The minimum absolute atomic E-state index is 0.0220. The first-order chi connectivity index (χ1) is 15.9. The Balaban J connectivity index is 1.35. The second-order valence-corrected chi connectivity index (χ2v) is 9.89. The third kappa shape index (κ3) is 5.43. The lowest BCUT2D eigenvalue weighted by Crippen LogP contribution is -2.43. The first kappa shape index (κ1) is 23.0. The van der Waals surface area contributed by atoms with Crippen molar-refractivity contribution in [2.24, 2.45) is 5.92 Å². The number of furan rings is 1. The molecule has 1 fully saturated rings. The van der Waals surface area contributed by atoms with Crippen LogP contribution in [0, 0.1) is 12.8 Å². The van der Waals surface area contributed by atoms with Crippen molar-refractivity contribution in [3.63, 3.8) is 0 Å². The van der Waals surface area contributed by atoms with Gasteiger partial charge in [-0.2, -0.15) is 4.31 Å². The van der Waals surface area contributed by atoms with E-state index >= 15 is 0 Å².